The molecule has 0 saturated carbocycles. The number of nitrogens with one attached hydrogen (secondary N) is 1. The van der Waals surface area contributed by atoms with Crippen molar-refractivity contribution in [3.05, 3.63) is 48.0 Å². The predicted molar refractivity (Wildman–Crippen MR) is 62.5 cm³/mol. The van der Waals surface area contributed by atoms with Crippen LogP contribution in [0.25, 0.3) is 11.1 Å². The van der Waals surface area contributed by atoms with Gasteiger partial charge < -0.3 is 5.32 Å². The zero-order chi connectivity index (χ0) is 10.1. The van der Waals surface area contributed by atoms with Gasteiger partial charge in [0.15, 0.2) is 0 Å². The fraction of sp³-hybridized carbons (Fsp3) is 0.154. The molecule has 74 valence electrons. The van der Waals surface area contributed by atoms with Gasteiger partial charge in [-0.3, -0.25) is 4.99 Å². The topological polar surface area (TPSA) is 24.4 Å². The van der Waals surface area contributed by atoms with Crippen LogP contribution < -0.4 is 5.32 Å². The van der Waals surface area contributed by atoms with E-state index in [9.17, 15) is 0 Å². The van der Waals surface area contributed by atoms with Gasteiger partial charge >= 0.3 is 0 Å². The Morgan fingerprint density at radius 2 is 1.67 bits per heavy atom. The van der Waals surface area contributed by atoms with Crippen LogP contribution in [0.1, 0.15) is 5.56 Å². The van der Waals surface area contributed by atoms with Crippen molar-refractivity contribution in [1.82, 2.24) is 5.32 Å². The summed E-state index contributed by atoms with van der Waals surface area (Å²) in [5, 5.41) is 3.29. The summed E-state index contributed by atoms with van der Waals surface area (Å²) >= 11 is 0. The lowest BCUT2D eigenvalue weighted by Gasteiger charge is -1.95. The number of hydrogen-bond donors (Lipinski definition) is 1. The van der Waals surface area contributed by atoms with Crippen LogP contribution in [0, 0.1) is 0 Å². The molecule has 0 aromatic carbocycles. The van der Waals surface area contributed by atoms with Crippen LogP contribution in [-0.4, -0.2) is 18.9 Å². The van der Waals surface area contributed by atoms with Gasteiger partial charge in [0.2, 0.25) is 0 Å². The molecule has 1 heterocycles. The van der Waals surface area contributed by atoms with Crippen molar-refractivity contribution < 1.29 is 0 Å². The standard InChI is InChI=1S/C13H12N2/c1-2-4-10-8-12(9-11(10)5-3-1)13-14-6-7-15-13/h1-5,8-9H,6-7H2,(H,14,15). The van der Waals surface area contributed by atoms with E-state index in [0.29, 0.717) is 0 Å². The molecule has 2 nitrogen and oxygen atoms in total. The van der Waals surface area contributed by atoms with E-state index in [4.69, 9.17) is 0 Å². The summed E-state index contributed by atoms with van der Waals surface area (Å²) in [5.74, 6) is 1.04. The van der Waals surface area contributed by atoms with E-state index in [-0.39, 0.29) is 0 Å². The molecule has 0 radical (unpaired) electrons. The third-order valence-corrected chi connectivity index (χ3v) is 2.68. The summed E-state index contributed by atoms with van der Waals surface area (Å²) < 4.78 is 0. The molecule has 15 heavy (non-hydrogen) atoms. The van der Waals surface area contributed by atoms with Gasteiger partial charge in [0.05, 0.1) is 6.54 Å². The lowest BCUT2D eigenvalue weighted by atomic mass is 10.2. The van der Waals surface area contributed by atoms with Gasteiger partial charge in [-0.1, -0.05) is 30.3 Å². The second-order valence-electron chi connectivity index (χ2n) is 3.72. The van der Waals surface area contributed by atoms with E-state index >= 15 is 0 Å². The molecular formula is C13H12N2. The van der Waals surface area contributed by atoms with Gasteiger partial charge in [0.25, 0.3) is 0 Å². The highest BCUT2D eigenvalue weighted by molar-refractivity contribution is 6.02. The second kappa shape index (κ2) is 3.39. The molecule has 0 fully saturated rings. The van der Waals surface area contributed by atoms with Crippen LogP contribution in [-0.2, 0) is 0 Å². The highest BCUT2D eigenvalue weighted by Gasteiger charge is 2.12. The molecular weight excluding hydrogens is 184 g/mol. The van der Waals surface area contributed by atoms with Crippen LogP contribution in [0.15, 0.2) is 47.5 Å². The number of fused-ring (bicyclic) bond motifs is 1. The third kappa shape index (κ3) is 1.48. The van der Waals surface area contributed by atoms with Gasteiger partial charge in [0, 0.05) is 12.1 Å². The number of hydrogen-bond acceptors (Lipinski definition) is 2. The summed E-state index contributed by atoms with van der Waals surface area (Å²) in [4.78, 5) is 4.42. The summed E-state index contributed by atoms with van der Waals surface area (Å²) in [6, 6.07) is 14.8. The van der Waals surface area contributed by atoms with Gasteiger partial charge in [-0.05, 0) is 23.3 Å². The minimum atomic E-state index is 0.893. The van der Waals surface area contributed by atoms with E-state index in [1.165, 1.54) is 16.7 Å². The summed E-state index contributed by atoms with van der Waals surface area (Å²) in [5.41, 5.74) is 3.74. The number of amidine groups is 1. The Labute approximate surface area is 89.0 Å². The van der Waals surface area contributed by atoms with Crippen molar-refractivity contribution in [3.8, 4) is 11.1 Å². The molecule has 0 bridgehead atoms. The molecule has 1 N–H and O–H groups in total. The Morgan fingerprint density at radius 1 is 0.933 bits per heavy atom. The molecule has 0 aromatic heterocycles. The fourth-order valence-corrected chi connectivity index (χ4v) is 1.94. The van der Waals surface area contributed by atoms with Crippen LogP contribution in [0.2, 0.25) is 0 Å². The third-order valence-electron chi connectivity index (χ3n) is 2.68. The van der Waals surface area contributed by atoms with Crippen LogP contribution in [0.3, 0.4) is 0 Å². The molecule has 1 aliphatic heterocycles. The Kier molecular flexibility index (Phi) is 1.91. The highest BCUT2D eigenvalue weighted by atomic mass is 15.1. The van der Waals surface area contributed by atoms with Crippen molar-refractivity contribution in [2.24, 2.45) is 4.99 Å². The van der Waals surface area contributed by atoms with E-state index < -0.39 is 0 Å². The average molecular weight is 196 g/mol. The largest absolute Gasteiger partial charge is 0.368 e. The maximum absolute atomic E-state index is 4.42. The Hall–Kier alpha value is -1.83. The van der Waals surface area contributed by atoms with E-state index in [1.54, 1.807) is 0 Å². The molecule has 3 rings (SSSR count). The second-order valence-corrected chi connectivity index (χ2v) is 3.72. The Bertz CT molecular complexity index is 457. The fourth-order valence-electron chi connectivity index (χ4n) is 1.94. The maximum Gasteiger partial charge on any atom is 0.128 e. The number of rotatable bonds is 1. The van der Waals surface area contributed by atoms with Gasteiger partial charge in [-0.2, -0.15) is 0 Å². The molecule has 0 atom stereocenters. The van der Waals surface area contributed by atoms with E-state index in [2.05, 4.69) is 46.7 Å². The zero-order valence-electron chi connectivity index (χ0n) is 8.40. The van der Waals surface area contributed by atoms with E-state index in [1.807, 2.05) is 6.07 Å². The van der Waals surface area contributed by atoms with Crippen LogP contribution in [0.5, 0.6) is 0 Å². The molecule has 0 saturated heterocycles. The summed E-state index contributed by atoms with van der Waals surface area (Å²) in [6.45, 7) is 1.86. The maximum atomic E-state index is 4.42. The molecule has 2 heteroatoms. The molecule has 0 unspecified atom stereocenters. The van der Waals surface area contributed by atoms with Crippen LogP contribution in [0.4, 0.5) is 0 Å². The van der Waals surface area contributed by atoms with Gasteiger partial charge in [0.1, 0.15) is 5.84 Å². The first-order chi connectivity index (χ1) is 7.43. The molecule has 2 aliphatic carbocycles. The van der Waals surface area contributed by atoms with Crippen molar-refractivity contribution in [2.45, 2.75) is 0 Å². The lowest BCUT2D eigenvalue weighted by Crippen LogP contribution is -2.18. The minimum absolute atomic E-state index is 0.893. The van der Waals surface area contributed by atoms with Crippen molar-refractivity contribution in [2.75, 3.05) is 13.1 Å². The molecule has 0 aromatic rings. The number of aliphatic imine (C=N–C) groups is 1. The monoisotopic (exact) mass is 196 g/mol. The Balaban J connectivity index is 2.11. The van der Waals surface area contributed by atoms with Crippen molar-refractivity contribution in [1.29, 1.82) is 0 Å². The highest BCUT2D eigenvalue weighted by Crippen LogP contribution is 2.25. The normalized spacial score (nSPS) is 15.1. The molecule has 3 aliphatic rings. The summed E-state index contributed by atoms with van der Waals surface area (Å²) in [6.07, 6.45) is 0. The molecule has 0 spiro atoms. The zero-order valence-corrected chi connectivity index (χ0v) is 8.40. The van der Waals surface area contributed by atoms with Crippen LogP contribution >= 0.6 is 0 Å². The first-order valence-electron chi connectivity index (χ1n) is 5.21. The summed E-state index contributed by atoms with van der Waals surface area (Å²) in [7, 11) is 0. The Morgan fingerprint density at radius 3 is 2.27 bits per heavy atom. The number of nitrogens with zero attached hydrogens (tertiary/aromatic N) is 1. The van der Waals surface area contributed by atoms with Gasteiger partial charge in [-0.25, -0.2) is 0 Å². The lowest BCUT2D eigenvalue weighted by molar-refractivity contribution is 0.960. The van der Waals surface area contributed by atoms with Crippen molar-refractivity contribution >= 4 is 5.84 Å². The van der Waals surface area contributed by atoms with E-state index in [0.717, 1.165) is 18.9 Å². The molecule has 0 amide bonds. The van der Waals surface area contributed by atoms with Gasteiger partial charge in [-0.15, -0.1) is 0 Å². The smallest absolute Gasteiger partial charge is 0.128 e. The van der Waals surface area contributed by atoms with Crippen molar-refractivity contribution in [3.63, 3.8) is 0 Å². The average Bonchev–Trinajstić information content (AvgIpc) is 2.84. The first-order valence-corrected chi connectivity index (χ1v) is 5.21. The SMILES string of the molecule is c1ccc2cc(C3=NCCN3)cc-2cc1. The minimum Gasteiger partial charge on any atom is -0.368 e. The quantitative estimate of drug-likeness (QED) is 0.742. The first kappa shape index (κ1) is 8.48. The predicted octanol–water partition coefficient (Wildman–Crippen LogP) is 2.14.